The lowest BCUT2D eigenvalue weighted by atomic mass is 9.86. The van der Waals surface area contributed by atoms with E-state index in [9.17, 15) is 9.59 Å². The van der Waals surface area contributed by atoms with Gasteiger partial charge < -0.3 is 30.2 Å². The Labute approximate surface area is 252 Å². The standard InChI is InChI=1S/C24H27ClN6O3.C6H14N2/c1-23(2,3)34-22(33)30-24(21(32)27-14-16-4-6-17(25)7-5-16)9-12-31(13-10-24)20-18-8-11-26-19(18)28-15-29-20;1-2-8-5-3-7-4-6-8/h4-8,11,14-15H,9-10,12-13H2,1-3H3,(H,30,33)(H,26,28,29);7H,2-6H2,1H3. The van der Waals surface area contributed by atoms with Crippen molar-refractivity contribution in [2.24, 2.45) is 4.99 Å². The monoisotopic (exact) mass is 596 g/mol. The van der Waals surface area contributed by atoms with Gasteiger partial charge in [0.05, 0.1) is 5.39 Å². The summed E-state index contributed by atoms with van der Waals surface area (Å²) in [6, 6.07) is 8.92. The molecule has 2 amide bonds. The summed E-state index contributed by atoms with van der Waals surface area (Å²) in [5.41, 5.74) is -0.398. The zero-order chi connectivity index (χ0) is 30.2. The van der Waals surface area contributed by atoms with Crippen LogP contribution in [0.1, 0.15) is 46.1 Å². The van der Waals surface area contributed by atoms with E-state index in [1.54, 1.807) is 45.0 Å². The van der Waals surface area contributed by atoms with Gasteiger partial charge in [-0.05, 0) is 63.9 Å². The third-order valence-corrected chi connectivity index (χ3v) is 7.51. The fraction of sp³-hybridized carbons (Fsp3) is 0.500. The number of carbonyl (C=O) groups is 2. The maximum absolute atomic E-state index is 13.3. The van der Waals surface area contributed by atoms with Crippen LogP contribution in [0.15, 0.2) is 47.8 Å². The van der Waals surface area contributed by atoms with Crippen LogP contribution in [0.2, 0.25) is 5.02 Å². The Morgan fingerprint density at radius 1 is 1.10 bits per heavy atom. The van der Waals surface area contributed by atoms with E-state index >= 15 is 0 Å². The van der Waals surface area contributed by atoms with Crippen molar-refractivity contribution in [1.82, 2.24) is 30.5 Å². The smallest absolute Gasteiger partial charge is 0.408 e. The van der Waals surface area contributed by atoms with Gasteiger partial charge in [0.1, 0.15) is 28.9 Å². The van der Waals surface area contributed by atoms with Gasteiger partial charge in [-0.2, -0.15) is 0 Å². The number of halogens is 1. The molecule has 4 heterocycles. The second kappa shape index (κ2) is 14.1. The van der Waals surface area contributed by atoms with E-state index < -0.39 is 23.1 Å². The molecular formula is C30H41ClN8O3. The van der Waals surface area contributed by atoms with E-state index in [4.69, 9.17) is 16.3 Å². The number of aromatic amines is 1. The second-order valence-corrected chi connectivity index (χ2v) is 11.9. The molecule has 0 bridgehead atoms. The Hall–Kier alpha value is -3.54. The predicted molar refractivity (Wildman–Crippen MR) is 166 cm³/mol. The average Bonchev–Trinajstić information content (AvgIpc) is 3.46. The van der Waals surface area contributed by atoms with Crippen molar-refractivity contribution in [3.05, 3.63) is 53.4 Å². The Morgan fingerprint density at radius 3 is 2.40 bits per heavy atom. The molecule has 0 aliphatic carbocycles. The van der Waals surface area contributed by atoms with E-state index in [0.717, 1.165) is 22.4 Å². The van der Waals surface area contributed by atoms with Crippen molar-refractivity contribution < 1.29 is 14.3 Å². The molecule has 0 saturated carbocycles. The zero-order valence-corrected chi connectivity index (χ0v) is 25.6. The Bertz CT molecular complexity index is 1350. The number of hydrogen-bond acceptors (Lipinski definition) is 8. The minimum Gasteiger partial charge on any atom is -0.444 e. The molecule has 0 unspecified atom stereocenters. The number of fused-ring (bicyclic) bond motifs is 1. The summed E-state index contributed by atoms with van der Waals surface area (Å²) >= 11 is 5.93. The van der Waals surface area contributed by atoms with E-state index in [1.165, 1.54) is 45.3 Å². The largest absolute Gasteiger partial charge is 0.444 e. The van der Waals surface area contributed by atoms with Crippen molar-refractivity contribution in [3.63, 3.8) is 0 Å². The molecule has 2 aromatic heterocycles. The van der Waals surface area contributed by atoms with Crippen molar-refractivity contribution in [3.8, 4) is 0 Å². The van der Waals surface area contributed by atoms with Crippen LogP contribution in [-0.4, -0.2) is 95.0 Å². The minimum absolute atomic E-state index is 0.346. The number of ether oxygens (including phenoxy) is 1. The summed E-state index contributed by atoms with van der Waals surface area (Å²) in [6.07, 6.45) is 4.85. The third kappa shape index (κ3) is 8.50. The second-order valence-electron chi connectivity index (χ2n) is 11.4. The molecule has 5 rings (SSSR count). The topological polar surface area (TPSA) is 128 Å². The number of piperidine rings is 1. The summed E-state index contributed by atoms with van der Waals surface area (Å²) in [6.45, 7) is 14.6. The number of H-pyrrole nitrogens is 1. The number of alkyl carbamates (subject to hydrolysis) is 1. The summed E-state index contributed by atoms with van der Waals surface area (Å²) in [4.78, 5) is 46.5. The molecule has 0 radical (unpaired) electrons. The lowest BCUT2D eigenvalue weighted by Gasteiger charge is -2.40. The molecule has 42 heavy (non-hydrogen) atoms. The number of benzene rings is 1. The fourth-order valence-corrected chi connectivity index (χ4v) is 5.06. The van der Waals surface area contributed by atoms with Crippen molar-refractivity contribution >= 4 is 46.7 Å². The summed E-state index contributed by atoms with van der Waals surface area (Å²) in [5, 5.41) is 7.64. The highest BCUT2D eigenvalue weighted by molar-refractivity contribution is 6.30. The minimum atomic E-state index is -1.19. The summed E-state index contributed by atoms with van der Waals surface area (Å²) in [7, 11) is 0. The zero-order valence-electron chi connectivity index (χ0n) is 24.8. The molecule has 1 aromatic carbocycles. The Balaban J connectivity index is 0.000000437. The summed E-state index contributed by atoms with van der Waals surface area (Å²) < 4.78 is 5.44. The fourth-order valence-electron chi connectivity index (χ4n) is 4.94. The van der Waals surface area contributed by atoms with E-state index in [2.05, 4.69) is 47.3 Å². The van der Waals surface area contributed by atoms with Gasteiger partial charge >= 0.3 is 6.09 Å². The number of aliphatic imine (C=N–C) groups is 1. The predicted octanol–water partition coefficient (Wildman–Crippen LogP) is 4.03. The van der Waals surface area contributed by atoms with Crippen LogP contribution < -0.4 is 15.5 Å². The van der Waals surface area contributed by atoms with Gasteiger partial charge in [0.15, 0.2) is 0 Å². The first kappa shape index (κ1) is 31.4. The first-order chi connectivity index (χ1) is 20.1. The maximum Gasteiger partial charge on any atom is 0.408 e. The number of anilines is 1. The average molecular weight is 597 g/mol. The van der Waals surface area contributed by atoms with Crippen LogP contribution in [0.4, 0.5) is 10.6 Å². The van der Waals surface area contributed by atoms with Gasteiger partial charge in [0, 0.05) is 56.7 Å². The van der Waals surface area contributed by atoms with Gasteiger partial charge in [-0.25, -0.2) is 19.8 Å². The Morgan fingerprint density at radius 2 is 1.79 bits per heavy atom. The van der Waals surface area contributed by atoms with Crippen LogP contribution >= 0.6 is 11.6 Å². The van der Waals surface area contributed by atoms with E-state index in [1.807, 2.05) is 12.3 Å². The molecule has 0 atom stereocenters. The molecule has 226 valence electrons. The molecular weight excluding hydrogens is 556 g/mol. The van der Waals surface area contributed by atoms with Crippen molar-refractivity contribution in [1.29, 1.82) is 0 Å². The normalized spacial score (nSPS) is 17.5. The third-order valence-electron chi connectivity index (χ3n) is 7.26. The lowest BCUT2D eigenvalue weighted by molar-refractivity contribution is -0.125. The van der Waals surface area contributed by atoms with Crippen molar-refractivity contribution in [2.75, 3.05) is 50.7 Å². The molecule has 2 aliphatic rings. The number of nitrogens with zero attached hydrogens (tertiary/aromatic N) is 5. The first-order valence-electron chi connectivity index (χ1n) is 14.4. The highest BCUT2D eigenvalue weighted by Crippen LogP contribution is 2.30. The summed E-state index contributed by atoms with van der Waals surface area (Å²) in [5.74, 6) is 0.358. The van der Waals surface area contributed by atoms with Gasteiger partial charge in [0.2, 0.25) is 0 Å². The molecule has 2 saturated heterocycles. The molecule has 11 nitrogen and oxygen atoms in total. The van der Waals surface area contributed by atoms with Crippen LogP contribution in [0.25, 0.3) is 11.0 Å². The number of hydrogen-bond donors (Lipinski definition) is 3. The number of piperazine rings is 1. The maximum atomic E-state index is 13.3. The molecule has 2 aliphatic heterocycles. The number of rotatable bonds is 5. The Kier molecular flexibility index (Phi) is 10.5. The molecule has 3 aromatic rings. The SMILES string of the molecule is CC(C)(C)OC(=O)NC1(C(=O)N=Cc2ccc(Cl)cc2)CCN(c2ncnc3[nH]ccc23)CC1.CCN1CCNCC1. The number of amides is 2. The number of carbonyl (C=O) groups excluding carboxylic acids is 2. The molecule has 2 fully saturated rings. The van der Waals surface area contributed by atoms with E-state index in [0.29, 0.717) is 31.0 Å². The quantitative estimate of drug-likeness (QED) is 0.377. The molecule has 3 N–H and O–H groups in total. The van der Waals surface area contributed by atoms with Gasteiger partial charge in [0.25, 0.3) is 5.91 Å². The number of likely N-dealkylation sites (N-methyl/N-ethyl adjacent to an activating group) is 1. The van der Waals surface area contributed by atoms with Crippen LogP contribution in [0.3, 0.4) is 0 Å². The molecule has 0 spiro atoms. The van der Waals surface area contributed by atoms with Gasteiger partial charge in [-0.1, -0.05) is 30.7 Å². The van der Waals surface area contributed by atoms with Crippen LogP contribution in [0.5, 0.6) is 0 Å². The molecule has 12 heteroatoms. The van der Waals surface area contributed by atoms with Gasteiger partial charge in [-0.15, -0.1) is 0 Å². The van der Waals surface area contributed by atoms with Crippen LogP contribution in [-0.2, 0) is 9.53 Å². The van der Waals surface area contributed by atoms with Gasteiger partial charge in [-0.3, -0.25) is 4.79 Å². The van der Waals surface area contributed by atoms with Crippen LogP contribution in [0, 0.1) is 0 Å². The highest BCUT2D eigenvalue weighted by atomic mass is 35.5. The lowest BCUT2D eigenvalue weighted by Crippen LogP contribution is -2.60. The van der Waals surface area contributed by atoms with Crippen molar-refractivity contribution in [2.45, 2.75) is 51.7 Å². The highest BCUT2D eigenvalue weighted by Gasteiger charge is 2.44. The van der Waals surface area contributed by atoms with E-state index in [-0.39, 0.29) is 0 Å². The number of nitrogens with one attached hydrogen (secondary N) is 3. The number of aromatic nitrogens is 3. The first-order valence-corrected chi connectivity index (χ1v) is 14.8.